The summed E-state index contributed by atoms with van der Waals surface area (Å²) in [5.74, 6) is 0.872. The summed E-state index contributed by atoms with van der Waals surface area (Å²) >= 11 is 0. The Kier molecular flexibility index (Phi) is 5.08. The maximum absolute atomic E-state index is 13.1. The Bertz CT molecular complexity index is 1370. The van der Waals surface area contributed by atoms with Crippen LogP contribution in [0.15, 0.2) is 40.2 Å². The van der Waals surface area contributed by atoms with Gasteiger partial charge >= 0.3 is 0 Å². The highest BCUT2D eigenvalue weighted by Crippen LogP contribution is 2.15. The van der Waals surface area contributed by atoms with Gasteiger partial charge in [-0.15, -0.1) is 5.10 Å². The molecular weight excluding hydrogens is 398 g/mol. The molecule has 4 aromatic rings. The monoisotopic (exact) mass is 421 g/mol. The third kappa shape index (κ3) is 3.75. The fourth-order valence-electron chi connectivity index (χ4n) is 3.93. The van der Waals surface area contributed by atoms with E-state index in [1.54, 1.807) is 36.0 Å². The van der Waals surface area contributed by atoms with Gasteiger partial charge in [-0.25, -0.2) is 9.55 Å². The third-order valence-corrected chi connectivity index (χ3v) is 5.59. The zero-order valence-corrected chi connectivity index (χ0v) is 17.2. The summed E-state index contributed by atoms with van der Waals surface area (Å²) in [5.41, 5.74) is 0.656. The molecule has 0 aromatic carbocycles. The zero-order chi connectivity index (χ0) is 21.4. The first-order valence-corrected chi connectivity index (χ1v) is 10.4. The number of morpholine rings is 1. The topological polar surface area (TPSA) is 111 Å². The molecule has 0 unspecified atom stereocenters. The van der Waals surface area contributed by atoms with E-state index in [1.165, 1.54) is 4.57 Å². The Hall–Kier alpha value is -3.37. The normalized spacial score (nSPS) is 15.1. The second-order valence-corrected chi connectivity index (χ2v) is 7.69. The van der Waals surface area contributed by atoms with Crippen molar-refractivity contribution < 1.29 is 4.74 Å². The molecule has 1 saturated heterocycles. The molecule has 10 heteroatoms. The average molecular weight is 421 g/mol. The fraction of sp³-hybridized carbons (Fsp3) is 0.381. The third-order valence-electron chi connectivity index (χ3n) is 5.59. The molecule has 0 radical (unpaired) electrons. The fourth-order valence-corrected chi connectivity index (χ4v) is 3.93. The molecule has 0 amide bonds. The van der Waals surface area contributed by atoms with Crippen LogP contribution in [-0.2, 0) is 11.3 Å². The van der Waals surface area contributed by atoms with E-state index in [2.05, 4.69) is 25.1 Å². The lowest BCUT2D eigenvalue weighted by molar-refractivity contribution is 0.0369. The van der Waals surface area contributed by atoms with E-state index < -0.39 is 0 Å². The van der Waals surface area contributed by atoms with Crippen LogP contribution >= 0.6 is 0 Å². The summed E-state index contributed by atoms with van der Waals surface area (Å²) in [4.78, 5) is 37.2. The molecule has 160 valence electrons. The van der Waals surface area contributed by atoms with Crippen molar-refractivity contribution in [1.29, 1.82) is 0 Å². The lowest BCUT2D eigenvalue weighted by Gasteiger charge is -2.26. The summed E-state index contributed by atoms with van der Waals surface area (Å²) in [6, 6.07) is 5.20. The van der Waals surface area contributed by atoms with Gasteiger partial charge in [0, 0.05) is 38.6 Å². The first-order valence-electron chi connectivity index (χ1n) is 10.4. The van der Waals surface area contributed by atoms with Gasteiger partial charge < -0.3 is 9.30 Å². The Balaban J connectivity index is 1.48. The van der Waals surface area contributed by atoms with Crippen molar-refractivity contribution in [2.45, 2.75) is 19.9 Å². The molecule has 1 aliphatic heterocycles. The van der Waals surface area contributed by atoms with Crippen LogP contribution in [0.2, 0.25) is 0 Å². The first-order chi connectivity index (χ1) is 15.1. The number of aromatic nitrogens is 6. The summed E-state index contributed by atoms with van der Waals surface area (Å²) in [7, 11) is 0. The number of nitrogens with one attached hydrogen (secondary N) is 1. The van der Waals surface area contributed by atoms with Gasteiger partial charge in [0.2, 0.25) is 0 Å². The standard InChI is InChI=1S/C21H23N7O3/c1-14-22-21(25-24-14)28-8-4-18-16(20(28)30)13-15-17(23-18)3-7-27(19(15)29)6-2-5-26-9-11-31-12-10-26/h3-4,7-8,13H,2,5-6,9-12H2,1H3,(H,22,24,25). The molecule has 5 rings (SSSR count). The van der Waals surface area contributed by atoms with Crippen LogP contribution in [-0.4, -0.2) is 67.0 Å². The number of H-pyrrole nitrogens is 1. The minimum Gasteiger partial charge on any atom is -0.379 e. The van der Waals surface area contributed by atoms with Gasteiger partial charge in [-0.05, 0) is 31.5 Å². The smallest absolute Gasteiger partial charge is 0.267 e. The first kappa shape index (κ1) is 19.6. The highest BCUT2D eigenvalue weighted by molar-refractivity contribution is 5.91. The van der Waals surface area contributed by atoms with Crippen molar-refractivity contribution in [1.82, 2.24) is 34.2 Å². The highest BCUT2D eigenvalue weighted by Gasteiger charge is 2.13. The second kappa shape index (κ2) is 8.05. The number of fused-ring (bicyclic) bond motifs is 2. The van der Waals surface area contributed by atoms with Gasteiger partial charge in [0.1, 0.15) is 5.82 Å². The number of pyridine rings is 3. The van der Waals surface area contributed by atoms with E-state index in [4.69, 9.17) is 4.74 Å². The van der Waals surface area contributed by atoms with E-state index in [-0.39, 0.29) is 17.1 Å². The van der Waals surface area contributed by atoms with Crippen LogP contribution in [0, 0.1) is 6.92 Å². The maximum Gasteiger partial charge on any atom is 0.267 e. The summed E-state index contributed by atoms with van der Waals surface area (Å²) in [6.45, 7) is 6.68. The van der Waals surface area contributed by atoms with E-state index in [9.17, 15) is 9.59 Å². The molecule has 10 nitrogen and oxygen atoms in total. The minimum atomic E-state index is -0.312. The van der Waals surface area contributed by atoms with Crippen molar-refractivity contribution in [2.75, 3.05) is 32.8 Å². The molecule has 5 heterocycles. The SMILES string of the molecule is Cc1nc(-n2ccc3nc4ccn(CCCN5CCOCC5)c(=O)c4cc3c2=O)n[nH]1. The number of nitrogens with zero attached hydrogens (tertiary/aromatic N) is 6. The highest BCUT2D eigenvalue weighted by atomic mass is 16.5. The summed E-state index contributed by atoms with van der Waals surface area (Å²) in [6.07, 6.45) is 4.24. The molecule has 1 fully saturated rings. The second-order valence-electron chi connectivity index (χ2n) is 7.69. The van der Waals surface area contributed by atoms with Crippen molar-refractivity contribution in [2.24, 2.45) is 0 Å². The lowest BCUT2D eigenvalue weighted by atomic mass is 10.2. The minimum absolute atomic E-state index is 0.141. The predicted molar refractivity (Wildman–Crippen MR) is 116 cm³/mol. The van der Waals surface area contributed by atoms with Crippen molar-refractivity contribution >= 4 is 21.8 Å². The quantitative estimate of drug-likeness (QED) is 0.476. The molecule has 0 saturated carbocycles. The number of hydrogen-bond donors (Lipinski definition) is 1. The molecule has 1 aliphatic rings. The molecule has 0 spiro atoms. The van der Waals surface area contributed by atoms with E-state index in [0.29, 0.717) is 34.2 Å². The van der Waals surface area contributed by atoms with Gasteiger partial charge in [-0.1, -0.05) is 0 Å². The summed E-state index contributed by atoms with van der Waals surface area (Å²) in [5, 5.41) is 7.57. The molecular formula is C21H23N7O3. The van der Waals surface area contributed by atoms with Crippen molar-refractivity contribution in [3.8, 4) is 5.95 Å². The van der Waals surface area contributed by atoms with E-state index in [0.717, 1.165) is 39.3 Å². The molecule has 0 aliphatic carbocycles. The Morgan fingerprint density at radius 2 is 1.74 bits per heavy atom. The Morgan fingerprint density at radius 1 is 1.00 bits per heavy atom. The van der Waals surface area contributed by atoms with Crippen LogP contribution in [0.3, 0.4) is 0 Å². The van der Waals surface area contributed by atoms with Crippen molar-refractivity contribution in [3.05, 3.63) is 57.1 Å². The van der Waals surface area contributed by atoms with E-state index in [1.807, 2.05) is 6.07 Å². The average Bonchev–Trinajstić information content (AvgIpc) is 3.21. The Labute approximate surface area is 177 Å². The van der Waals surface area contributed by atoms with Gasteiger partial charge in [-0.3, -0.25) is 19.6 Å². The van der Waals surface area contributed by atoms with Crippen molar-refractivity contribution in [3.63, 3.8) is 0 Å². The maximum atomic E-state index is 13.1. The lowest BCUT2D eigenvalue weighted by Crippen LogP contribution is -2.37. The number of ether oxygens (including phenoxy) is 1. The molecule has 0 atom stereocenters. The number of aromatic amines is 1. The molecule has 0 bridgehead atoms. The molecule has 4 aromatic heterocycles. The van der Waals surface area contributed by atoms with Crippen LogP contribution < -0.4 is 11.1 Å². The van der Waals surface area contributed by atoms with Gasteiger partial charge in [-0.2, -0.15) is 4.98 Å². The van der Waals surface area contributed by atoms with Gasteiger partial charge in [0.15, 0.2) is 0 Å². The number of rotatable bonds is 5. The number of aryl methyl sites for hydroxylation is 2. The number of hydrogen-bond acceptors (Lipinski definition) is 7. The van der Waals surface area contributed by atoms with Gasteiger partial charge in [0.25, 0.3) is 17.1 Å². The van der Waals surface area contributed by atoms with Crippen LogP contribution in [0.25, 0.3) is 27.8 Å². The van der Waals surface area contributed by atoms with Crippen LogP contribution in [0.5, 0.6) is 0 Å². The van der Waals surface area contributed by atoms with E-state index >= 15 is 0 Å². The Morgan fingerprint density at radius 3 is 2.48 bits per heavy atom. The van der Waals surface area contributed by atoms with Crippen LogP contribution in [0.1, 0.15) is 12.2 Å². The predicted octanol–water partition coefficient (Wildman–Crippen LogP) is 0.849. The molecule has 31 heavy (non-hydrogen) atoms. The summed E-state index contributed by atoms with van der Waals surface area (Å²) < 4.78 is 8.41. The van der Waals surface area contributed by atoms with Gasteiger partial charge in [0.05, 0.1) is 35.0 Å². The zero-order valence-electron chi connectivity index (χ0n) is 17.2. The van der Waals surface area contributed by atoms with Crippen LogP contribution in [0.4, 0.5) is 0 Å². The molecule has 1 N–H and O–H groups in total. The largest absolute Gasteiger partial charge is 0.379 e.